The van der Waals surface area contributed by atoms with Gasteiger partial charge in [0.25, 0.3) is 0 Å². The molecule has 1 amide bonds. The Bertz CT molecular complexity index is 1060. The van der Waals surface area contributed by atoms with Crippen molar-refractivity contribution in [2.24, 2.45) is 0 Å². The monoisotopic (exact) mass is 443 g/mol. The van der Waals surface area contributed by atoms with Gasteiger partial charge in [0, 0.05) is 10.8 Å². The van der Waals surface area contributed by atoms with E-state index in [4.69, 9.17) is 10.6 Å². The van der Waals surface area contributed by atoms with Crippen molar-refractivity contribution in [3.05, 3.63) is 47.8 Å². The summed E-state index contributed by atoms with van der Waals surface area (Å²) in [6, 6.07) is 11.4. The molecule has 0 atom stereocenters. The first-order valence-corrected chi connectivity index (χ1v) is 11.4. The van der Waals surface area contributed by atoms with Gasteiger partial charge in [-0.15, -0.1) is 21.5 Å². The molecule has 2 aromatic heterocycles. The van der Waals surface area contributed by atoms with Crippen LogP contribution in [0.2, 0.25) is 0 Å². The maximum atomic E-state index is 12.6. The first-order valence-electron chi connectivity index (χ1n) is 9.56. The number of thiophene rings is 1. The molecule has 1 aromatic carbocycles. The summed E-state index contributed by atoms with van der Waals surface area (Å²) in [5, 5.41) is 12.0. The zero-order valence-electron chi connectivity index (χ0n) is 16.3. The van der Waals surface area contributed by atoms with Gasteiger partial charge in [-0.2, -0.15) is 0 Å². The molecule has 0 spiro atoms. The average Bonchev–Trinajstić information content (AvgIpc) is 3.40. The molecule has 0 radical (unpaired) electrons. The summed E-state index contributed by atoms with van der Waals surface area (Å²) in [5.74, 6) is 6.53. The summed E-state index contributed by atoms with van der Waals surface area (Å²) >= 11 is 2.55. The van der Waals surface area contributed by atoms with E-state index in [0.29, 0.717) is 21.6 Å². The number of nitrogens with zero attached hydrogens (tertiary/aromatic N) is 3. The molecule has 3 N–H and O–H groups in total. The molecule has 3 aromatic rings. The summed E-state index contributed by atoms with van der Waals surface area (Å²) in [7, 11) is 0. The smallest absolute Gasteiger partial charge is 0.341 e. The highest BCUT2D eigenvalue weighted by atomic mass is 32.2. The number of esters is 1. The number of anilines is 1. The Morgan fingerprint density at radius 1 is 1.30 bits per heavy atom. The second-order valence-corrected chi connectivity index (χ2v) is 8.76. The molecule has 4 rings (SSSR count). The van der Waals surface area contributed by atoms with E-state index in [1.165, 1.54) is 27.8 Å². The highest BCUT2D eigenvalue weighted by molar-refractivity contribution is 7.99. The number of nitrogens with two attached hydrogens (primary N) is 1. The number of benzene rings is 1. The molecule has 2 heterocycles. The molecule has 1 aliphatic rings. The van der Waals surface area contributed by atoms with Crippen LogP contribution in [0.5, 0.6) is 0 Å². The number of hydrogen-bond donors (Lipinski definition) is 2. The predicted octanol–water partition coefficient (Wildman–Crippen LogP) is 3.51. The first kappa shape index (κ1) is 20.4. The fraction of sp³-hybridized carbons (Fsp3) is 0.300. The van der Waals surface area contributed by atoms with E-state index >= 15 is 0 Å². The first-order chi connectivity index (χ1) is 14.6. The number of carbonyl (C=O) groups excluding carboxylic acids is 2. The summed E-state index contributed by atoms with van der Waals surface area (Å²) < 4.78 is 6.61. The number of nitrogen functional groups attached to an aromatic ring is 1. The topological polar surface area (TPSA) is 112 Å². The minimum atomic E-state index is -0.463. The van der Waals surface area contributed by atoms with Crippen molar-refractivity contribution in [3.63, 3.8) is 0 Å². The number of amides is 1. The quantitative estimate of drug-likeness (QED) is 0.311. The minimum absolute atomic E-state index is 0.0981. The van der Waals surface area contributed by atoms with Crippen LogP contribution in [-0.2, 0) is 9.53 Å². The van der Waals surface area contributed by atoms with Crippen molar-refractivity contribution in [2.45, 2.75) is 30.8 Å². The van der Waals surface area contributed by atoms with Crippen LogP contribution in [0, 0.1) is 0 Å². The maximum Gasteiger partial charge on any atom is 0.341 e. The molecule has 1 aliphatic carbocycles. The second kappa shape index (κ2) is 8.88. The molecule has 1 fully saturated rings. The lowest BCUT2D eigenvalue weighted by molar-refractivity contribution is -0.113. The van der Waals surface area contributed by atoms with Crippen LogP contribution in [0.1, 0.15) is 41.9 Å². The number of thioether (sulfide) groups is 1. The predicted molar refractivity (Wildman–Crippen MR) is 117 cm³/mol. The van der Waals surface area contributed by atoms with Gasteiger partial charge in [-0.25, -0.2) is 9.47 Å². The van der Waals surface area contributed by atoms with E-state index in [9.17, 15) is 9.59 Å². The van der Waals surface area contributed by atoms with Gasteiger partial charge in [-0.3, -0.25) is 4.79 Å². The van der Waals surface area contributed by atoms with E-state index in [0.717, 1.165) is 29.1 Å². The molecule has 0 bridgehead atoms. The van der Waals surface area contributed by atoms with Crippen molar-refractivity contribution >= 4 is 40.0 Å². The third kappa shape index (κ3) is 4.49. The van der Waals surface area contributed by atoms with Crippen molar-refractivity contribution in [1.82, 2.24) is 14.9 Å². The summed E-state index contributed by atoms with van der Waals surface area (Å²) in [5.41, 5.74) is 1.31. The standard InChI is InChI=1S/C20H21N5O3S2/c1-2-28-19(27)14-10-15(12-6-4-3-5-7-12)30-18(14)22-16(26)11-29-20-24-23-17(25(20)21)13-8-9-13/h3-7,10,13H,2,8-9,11,21H2,1H3,(H,22,26). The molecule has 30 heavy (non-hydrogen) atoms. The number of ether oxygens (including phenoxy) is 1. The molecule has 0 aliphatic heterocycles. The number of nitrogens with one attached hydrogen (secondary N) is 1. The number of carbonyl (C=O) groups is 2. The summed E-state index contributed by atoms with van der Waals surface area (Å²) in [4.78, 5) is 25.8. The van der Waals surface area contributed by atoms with Gasteiger partial charge in [0.2, 0.25) is 11.1 Å². The zero-order chi connectivity index (χ0) is 21.1. The van der Waals surface area contributed by atoms with Crippen LogP contribution >= 0.6 is 23.1 Å². The lowest BCUT2D eigenvalue weighted by Crippen LogP contribution is -2.18. The minimum Gasteiger partial charge on any atom is -0.462 e. The SMILES string of the molecule is CCOC(=O)c1cc(-c2ccccc2)sc1NC(=O)CSc1nnc(C2CC2)n1N. The molecule has 10 heteroatoms. The molecule has 8 nitrogen and oxygen atoms in total. The van der Waals surface area contributed by atoms with Crippen molar-refractivity contribution in [1.29, 1.82) is 0 Å². The van der Waals surface area contributed by atoms with Crippen LogP contribution in [-0.4, -0.2) is 39.1 Å². The number of aromatic nitrogens is 3. The second-order valence-electron chi connectivity index (χ2n) is 6.76. The van der Waals surface area contributed by atoms with Crippen LogP contribution in [0.25, 0.3) is 10.4 Å². The highest BCUT2D eigenvalue weighted by Crippen LogP contribution is 2.39. The number of hydrogen-bond acceptors (Lipinski definition) is 8. The Balaban J connectivity index is 1.47. The average molecular weight is 444 g/mol. The molecule has 1 saturated carbocycles. The van der Waals surface area contributed by atoms with Gasteiger partial charge in [0.1, 0.15) is 5.00 Å². The third-order valence-electron chi connectivity index (χ3n) is 4.50. The lowest BCUT2D eigenvalue weighted by Gasteiger charge is -2.06. The third-order valence-corrected chi connectivity index (χ3v) is 6.55. The lowest BCUT2D eigenvalue weighted by atomic mass is 10.1. The fourth-order valence-electron chi connectivity index (χ4n) is 2.89. The Morgan fingerprint density at radius 2 is 2.07 bits per heavy atom. The molecular formula is C20H21N5O3S2. The summed E-state index contributed by atoms with van der Waals surface area (Å²) in [6.07, 6.45) is 2.14. The molecule has 0 saturated heterocycles. The Labute approximate surface area is 181 Å². The molecular weight excluding hydrogens is 422 g/mol. The van der Waals surface area contributed by atoms with E-state index in [2.05, 4.69) is 15.5 Å². The maximum absolute atomic E-state index is 12.6. The highest BCUT2D eigenvalue weighted by Gasteiger charge is 2.30. The van der Waals surface area contributed by atoms with Gasteiger partial charge in [-0.1, -0.05) is 42.1 Å². The fourth-order valence-corrected chi connectivity index (χ4v) is 4.62. The van der Waals surface area contributed by atoms with Crippen LogP contribution in [0.4, 0.5) is 5.00 Å². The Kier molecular flexibility index (Phi) is 6.05. The van der Waals surface area contributed by atoms with Crippen molar-refractivity contribution in [3.8, 4) is 10.4 Å². The van der Waals surface area contributed by atoms with Crippen molar-refractivity contribution < 1.29 is 14.3 Å². The molecule has 156 valence electrons. The van der Waals surface area contributed by atoms with Gasteiger partial charge in [0.05, 0.1) is 17.9 Å². The van der Waals surface area contributed by atoms with Gasteiger partial charge in [0.15, 0.2) is 5.82 Å². The normalized spacial score (nSPS) is 13.2. The van der Waals surface area contributed by atoms with E-state index in [1.807, 2.05) is 30.3 Å². The van der Waals surface area contributed by atoms with Gasteiger partial charge >= 0.3 is 5.97 Å². The Morgan fingerprint density at radius 3 is 2.77 bits per heavy atom. The van der Waals surface area contributed by atoms with Gasteiger partial charge in [-0.05, 0) is 31.4 Å². The zero-order valence-corrected chi connectivity index (χ0v) is 18.0. The van der Waals surface area contributed by atoms with Gasteiger partial charge < -0.3 is 15.9 Å². The Hall–Kier alpha value is -2.85. The van der Waals surface area contributed by atoms with E-state index in [1.54, 1.807) is 13.0 Å². The summed E-state index contributed by atoms with van der Waals surface area (Å²) in [6.45, 7) is 2.00. The molecule has 0 unspecified atom stereocenters. The van der Waals surface area contributed by atoms with Crippen molar-refractivity contribution in [2.75, 3.05) is 23.5 Å². The van der Waals surface area contributed by atoms with Crippen LogP contribution in [0.15, 0.2) is 41.6 Å². The number of rotatable bonds is 8. The van der Waals surface area contributed by atoms with E-state index in [-0.39, 0.29) is 18.3 Å². The van der Waals surface area contributed by atoms with E-state index < -0.39 is 5.97 Å². The van der Waals surface area contributed by atoms with Crippen LogP contribution < -0.4 is 11.2 Å². The van der Waals surface area contributed by atoms with Crippen LogP contribution in [0.3, 0.4) is 0 Å². The largest absolute Gasteiger partial charge is 0.462 e.